The summed E-state index contributed by atoms with van der Waals surface area (Å²) < 4.78 is 59.4. The molecule has 0 aliphatic carbocycles. The van der Waals surface area contributed by atoms with E-state index in [1.54, 1.807) is 36.4 Å². The number of benzene rings is 3. The monoisotopic (exact) mass is 484 g/mol. The molecule has 0 spiro atoms. The van der Waals surface area contributed by atoms with Gasteiger partial charge in [-0.15, -0.1) is 0 Å². The Morgan fingerprint density at radius 1 is 1.03 bits per heavy atom. The molecule has 1 amide bonds. The van der Waals surface area contributed by atoms with Crippen LogP contribution in [0.25, 0.3) is 0 Å². The minimum atomic E-state index is -3.59. The van der Waals surface area contributed by atoms with Gasteiger partial charge in [-0.3, -0.25) is 4.79 Å². The molecule has 176 valence electrons. The van der Waals surface area contributed by atoms with E-state index in [4.69, 9.17) is 4.74 Å². The molecular formula is C25H22F2N2O4S. The number of nitrogens with zero attached hydrogens (tertiary/aromatic N) is 1. The van der Waals surface area contributed by atoms with Crippen molar-refractivity contribution >= 4 is 21.6 Å². The third-order valence-corrected chi connectivity index (χ3v) is 8.64. The second-order valence-electron chi connectivity index (χ2n) is 8.42. The van der Waals surface area contributed by atoms with Gasteiger partial charge in [0.05, 0.1) is 0 Å². The summed E-state index contributed by atoms with van der Waals surface area (Å²) >= 11 is 0. The van der Waals surface area contributed by atoms with Gasteiger partial charge in [-0.1, -0.05) is 30.3 Å². The molecule has 2 aliphatic rings. The topological polar surface area (TPSA) is 75.5 Å². The van der Waals surface area contributed by atoms with Crippen LogP contribution in [0.15, 0.2) is 66.7 Å². The average Bonchev–Trinajstić information content (AvgIpc) is 3.12. The lowest BCUT2D eigenvalue weighted by Crippen LogP contribution is -2.33. The first-order chi connectivity index (χ1) is 16.3. The lowest BCUT2D eigenvalue weighted by atomic mass is 10.0. The summed E-state index contributed by atoms with van der Waals surface area (Å²) in [5.41, 5.74) is 2.07. The van der Waals surface area contributed by atoms with Crippen LogP contribution in [0.2, 0.25) is 0 Å². The van der Waals surface area contributed by atoms with Gasteiger partial charge < -0.3 is 10.1 Å². The van der Waals surface area contributed by atoms with E-state index in [0.29, 0.717) is 35.5 Å². The average molecular weight is 485 g/mol. The number of hydrogen-bond acceptors (Lipinski definition) is 4. The predicted octanol–water partition coefficient (Wildman–Crippen LogP) is 4.21. The van der Waals surface area contributed by atoms with Gasteiger partial charge in [-0.25, -0.2) is 17.2 Å². The van der Waals surface area contributed by atoms with E-state index in [-0.39, 0.29) is 25.3 Å². The molecule has 2 saturated heterocycles. The van der Waals surface area contributed by atoms with Crippen LogP contribution < -0.4 is 10.1 Å². The molecule has 2 aliphatic heterocycles. The minimum Gasteiger partial charge on any atom is -0.489 e. The van der Waals surface area contributed by atoms with Gasteiger partial charge in [0.2, 0.25) is 14.9 Å². The molecule has 6 nitrogen and oxygen atoms in total. The second-order valence-corrected chi connectivity index (χ2v) is 10.5. The van der Waals surface area contributed by atoms with E-state index in [1.165, 1.54) is 28.6 Å². The molecule has 2 heterocycles. The Kier molecular flexibility index (Phi) is 5.61. The minimum absolute atomic E-state index is 0.0600. The van der Waals surface area contributed by atoms with E-state index in [9.17, 15) is 22.0 Å². The van der Waals surface area contributed by atoms with Gasteiger partial charge >= 0.3 is 0 Å². The third kappa shape index (κ3) is 3.84. The van der Waals surface area contributed by atoms with Gasteiger partial charge in [-0.2, -0.15) is 4.31 Å². The molecule has 2 atom stereocenters. The van der Waals surface area contributed by atoms with Crippen LogP contribution in [0.4, 0.5) is 14.5 Å². The number of amides is 1. The zero-order valence-electron chi connectivity index (χ0n) is 18.1. The van der Waals surface area contributed by atoms with E-state index in [0.717, 1.165) is 5.56 Å². The fourth-order valence-electron chi connectivity index (χ4n) is 4.49. The van der Waals surface area contributed by atoms with Crippen LogP contribution in [0.1, 0.15) is 29.5 Å². The van der Waals surface area contributed by atoms with Crippen LogP contribution >= 0.6 is 0 Å². The van der Waals surface area contributed by atoms with Crippen molar-refractivity contribution in [3.05, 3.63) is 95.1 Å². The molecule has 0 saturated carbocycles. The number of anilines is 1. The van der Waals surface area contributed by atoms with Crippen LogP contribution in [-0.2, 0) is 27.8 Å². The van der Waals surface area contributed by atoms with Crippen molar-refractivity contribution in [1.82, 2.24) is 4.31 Å². The molecule has 5 rings (SSSR count). The normalized spacial score (nSPS) is 22.1. The fraction of sp³-hybridized carbons (Fsp3) is 0.240. The van der Waals surface area contributed by atoms with Crippen molar-refractivity contribution in [3.63, 3.8) is 0 Å². The van der Waals surface area contributed by atoms with Crippen molar-refractivity contribution in [3.8, 4) is 5.75 Å². The van der Waals surface area contributed by atoms with Gasteiger partial charge in [0.15, 0.2) is 0 Å². The Hall–Kier alpha value is -3.30. The summed E-state index contributed by atoms with van der Waals surface area (Å²) in [5.74, 6) is -0.913. The zero-order chi connectivity index (χ0) is 23.9. The molecule has 2 fully saturated rings. The van der Waals surface area contributed by atoms with Crippen molar-refractivity contribution in [1.29, 1.82) is 0 Å². The number of rotatable bonds is 7. The Labute approximate surface area is 196 Å². The molecule has 34 heavy (non-hydrogen) atoms. The summed E-state index contributed by atoms with van der Waals surface area (Å²) in [7, 11) is -3.59. The van der Waals surface area contributed by atoms with Crippen LogP contribution in [0, 0.1) is 11.6 Å². The lowest BCUT2D eigenvalue weighted by Gasteiger charge is -2.14. The smallest absolute Gasteiger partial charge is 0.263 e. The summed E-state index contributed by atoms with van der Waals surface area (Å²) in [5, 5.41) is 2.71. The molecule has 0 bridgehead atoms. The predicted molar refractivity (Wildman–Crippen MR) is 123 cm³/mol. The van der Waals surface area contributed by atoms with Gasteiger partial charge in [-0.05, 0) is 66.8 Å². The second kappa shape index (κ2) is 8.48. The number of halogens is 2. The Bertz CT molecular complexity index is 1380. The molecule has 9 heteroatoms. The van der Waals surface area contributed by atoms with Crippen molar-refractivity contribution < 1.29 is 26.7 Å². The largest absolute Gasteiger partial charge is 0.489 e. The Balaban J connectivity index is 1.33. The molecule has 1 N–H and O–H groups in total. The van der Waals surface area contributed by atoms with Gasteiger partial charge in [0.25, 0.3) is 5.91 Å². The van der Waals surface area contributed by atoms with Crippen molar-refractivity contribution in [2.75, 3.05) is 11.9 Å². The number of carbonyl (C=O) groups excluding carboxylic acids is 1. The molecule has 1 unspecified atom stereocenters. The van der Waals surface area contributed by atoms with Crippen LogP contribution in [0.3, 0.4) is 0 Å². The number of fused-ring (bicyclic) bond motifs is 1. The summed E-state index contributed by atoms with van der Waals surface area (Å²) in [6.07, 6.45) is 1.15. The van der Waals surface area contributed by atoms with E-state index >= 15 is 0 Å². The van der Waals surface area contributed by atoms with Gasteiger partial charge in [0, 0.05) is 17.8 Å². The lowest BCUT2D eigenvalue weighted by molar-refractivity contribution is -0.118. The highest BCUT2D eigenvalue weighted by Crippen LogP contribution is 2.52. The Morgan fingerprint density at radius 3 is 2.62 bits per heavy atom. The van der Waals surface area contributed by atoms with E-state index in [1.807, 2.05) is 6.07 Å². The van der Waals surface area contributed by atoms with Gasteiger partial charge in [0.1, 0.15) is 24.0 Å². The fourth-order valence-corrected chi connectivity index (χ4v) is 6.66. The first kappa shape index (κ1) is 22.5. The number of ether oxygens (including phenoxy) is 1. The maximum Gasteiger partial charge on any atom is 0.263 e. The quantitative estimate of drug-likeness (QED) is 0.510. The highest BCUT2D eigenvalue weighted by molar-refractivity contribution is 7.98. The van der Waals surface area contributed by atoms with Crippen LogP contribution in [0.5, 0.6) is 5.75 Å². The number of hydrogen-bond donors (Lipinski definition) is 1. The SMILES string of the molecule is O=C(Nc1ccc(F)cc1Cc1cccc(OCc2ccccc2F)c1)[C@@]12CCCN1S2(=O)=O. The number of carbonyl (C=O) groups is 1. The summed E-state index contributed by atoms with van der Waals surface area (Å²) in [6, 6.07) is 17.4. The number of nitrogens with one attached hydrogen (secondary N) is 1. The first-order valence-electron chi connectivity index (χ1n) is 10.9. The zero-order valence-corrected chi connectivity index (χ0v) is 18.9. The van der Waals surface area contributed by atoms with E-state index in [2.05, 4.69) is 5.32 Å². The summed E-state index contributed by atoms with van der Waals surface area (Å²) in [6.45, 7) is 0.399. The van der Waals surface area contributed by atoms with E-state index < -0.39 is 26.6 Å². The summed E-state index contributed by atoms with van der Waals surface area (Å²) in [4.78, 5) is 11.4. The van der Waals surface area contributed by atoms with Crippen LogP contribution in [-0.4, -0.2) is 30.0 Å². The van der Waals surface area contributed by atoms with Crippen molar-refractivity contribution in [2.24, 2.45) is 0 Å². The Morgan fingerprint density at radius 2 is 1.85 bits per heavy atom. The molecule has 3 aromatic carbocycles. The molecule has 3 aromatic rings. The molecular weight excluding hydrogens is 462 g/mol. The maximum atomic E-state index is 14.0. The number of sulfonamides is 1. The first-order valence-corrected chi connectivity index (χ1v) is 12.3. The van der Waals surface area contributed by atoms with Crippen molar-refractivity contribution in [2.45, 2.75) is 30.7 Å². The molecule has 0 aromatic heterocycles. The third-order valence-electron chi connectivity index (χ3n) is 6.28. The highest BCUT2D eigenvalue weighted by Gasteiger charge is 2.77. The molecule has 0 radical (unpaired) electrons. The standard InChI is InChI=1S/C25H22F2N2O4S/c26-20-9-10-23(28-24(30)25-11-4-12-29(25)34(25,31)32)19(15-20)13-17-5-3-7-21(14-17)33-16-18-6-1-2-8-22(18)27/h1-3,5-10,14-15H,4,11-13,16H2,(H,28,30)/t25-,29?/m0/s1. The highest BCUT2D eigenvalue weighted by atomic mass is 32.2. The maximum absolute atomic E-state index is 14.0.